The second-order valence-electron chi connectivity index (χ2n) is 4.17. The third kappa shape index (κ3) is 3.09. The molecule has 0 atom stereocenters. The maximum atomic E-state index is 12.8. The summed E-state index contributed by atoms with van der Waals surface area (Å²) in [7, 11) is 0. The number of anilines is 1. The highest BCUT2D eigenvalue weighted by Crippen LogP contribution is 2.34. The van der Waals surface area contributed by atoms with E-state index in [1.54, 1.807) is 24.3 Å². The third-order valence-corrected chi connectivity index (χ3v) is 2.84. The number of hydrogen-bond donors (Lipinski definition) is 1. The minimum atomic E-state index is -4.40. The second-order valence-corrected chi connectivity index (χ2v) is 4.17. The van der Waals surface area contributed by atoms with Crippen LogP contribution in [0.25, 0.3) is 0 Å². The molecule has 0 aliphatic carbocycles. The van der Waals surface area contributed by atoms with Crippen molar-refractivity contribution in [3.63, 3.8) is 0 Å². The van der Waals surface area contributed by atoms with Crippen molar-refractivity contribution < 1.29 is 13.2 Å². The van der Waals surface area contributed by atoms with Gasteiger partial charge in [0.15, 0.2) is 0 Å². The van der Waals surface area contributed by atoms with Crippen LogP contribution in [0.2, 0.25) is 0 Å². The maximum Gasteiger partial charge on any atom is 0.418 e. The van der Waals surface area contributed by atoms with Gasteiger partial charge in [-0.1, -0.05) is 30.3 Å². The molecule has 2 aromatic rings. The van der Waals surface area contributed by atoms with Crippen molar-refractivity contribution in [1.82, 2.24) is 0 Å². The Morgan fingerprint density at radius 3 is 2.35 bits per heavy atom. The van der Waals surface area contributed by atoms with E-state index in [9.17, 15) is 13.2 Å². The van der Waals surface area contributed by atoms with Crippen molar-refractivity contribution in [2.45, 2.75) is 12.7 Å². The number of hydrogen-bond acceptors (Lipinski definition) is 2. The van der Waals surface area contributed by atoms with Crippen LogP contribution in [0.1, 0.15) is 16.7 Å². The minimum absolute atomic E-state index is 0.00717. The summed E-state index contributed by atoms with van der Waals surface area (Å²) >= 11 is 0. The van der Waals surface area contributed by atoms with E-state index >= 15 is 0 Å². The zero-order chi connectivity index (χ0) is 14.6. The van der Waals surface area contributed by atoms with Crippen LogP contribution < -0.4 is 5.32 Å². The van der Waals surface area contributed by atoms with E-state index in [1.165, 1.54) is 18.2 Å². The van der Waals surface area contributed by atoms with Gasteiger partial charge in [-0.25, -0.2) is 0 Å². The molecule has 0 unspecified atom stereocenters. The first kappa shape index (κ1) is 13.9. The molecule has 5 heteroatoms. The molecule has 2 aromatic carbocycles. The van der Waals surface area contributed by atoms with Gasteiger partial charge in [0, 0.05) is 12.2 Å². The molecule has 0 spiro atoms. The summed E-state index contributed by atoms with van der Waals surface area (Å²) in [6, 6.07) is 14.1. The molecule has 1 N–H and O–H groups in total. The van der Waals surface area contributed by atoms with Crippen LogP contribution in [0.3, 0.4) is 0 Å². The monoisotopic (exact) mass is 276 g/mol. The molecule has 0 aliphatic rings. The molecule has 102 valence electrons. The fourth-order valence-electron chi connectivity index (χ4n) is 1.86. The molecule has 0 amide bonds. The number of benzene rings is 2. The standard InChI is InChI=1S/C15H11F3N2/c16-15(17,18)13-7-3-4-8-14(13)20-10-12-6-2-1-5-11(12)9-19/h1-8,20H,10H2. The number of rotatable bonds is 3. The fraction of sp³-hybridized carbons (Fsp3) is 0.133. The van der Waals surface area contributed by atoms with Crippen LogP contribution in [0.5, 0.6) is 0 Å². The molecule has 0 radical (unpaired) electrons. The first-order valence-corrected chi connectivity index (χ1v) is 5.90. The first-order valence-electron chi connectivity index (χ1n) is 5.90. The number of nitrogens with one attached hydrogen (secondary N) is 1. The van der Waals surface area contributed by atoms with Crippen molar-refractivity contribution >= 4 is 5.69 Å². The molecule has 0 aromatic heterocycles. The molecule has 2 nitrogen and oxygen atoms in total. The summed E-state index contributed by atoms with van der Waals surface area (Å²) in [5.74, 6) is 0. The fourth-order valence-corrected chi connectivity index (χ4v) is 1.86. The van der Waals surface area contributed by atoms with Gasteiger partial charge < -0.3 is 5.32 Å². The Bertz CT molecular complexity index is 642. The topological polar surface area (TPSA) is 35.8 Å². The summed E-state index contributed by atoms with van der Waals surface area (Å²) in [5.41, 5.74) is 0.402. The van der Waals surface area contributed by atoms with Gasteiger partial charge in [-0.05, 0) is 23.8 Å². The lowest BCUT2D eigenvalue weighted by Crippen LogP contribution is -2.11. The molecular weight excluding hydrogens is 265 g/mol. The van der Waals surface area contributed by atoms with Gasteiger partial charge in [0.05, 0.1) is 17.2 Å². The number of nitrogens with zero attached hydrogens (tertiary/aromatic N) is 1. The van der Waals surface area contributed by atoms with Gasteiger partial charge in [0.25, 0.3) is 0 Å². The summed E-state index contributed by atoms with van der Waals surface area (Å²) in [6.07, 6.45) is -4.40. The van der Waals surface area contributed by atoms with Crippen molar-refractivity contribution in [1.29, 1.82) is 5.26 Å². The van der Waals surface area contributed by atoms with E-state index in [4.69, 9.17) is 5.26 Å². The molecule has 0 saturated heterocycles. The summed E-state index contributed by atoms with van der Waals surface area (Å²) in [4.78, 5) is 0. The minimum Gasteiger partial charge on any atom is -0.380 e. The van der Waals surface area contributed by atoms with Crippen LogP contribution in [-0.2, 0) is 12.7 Å². The third-order valence-electron chi connectivity index (χ3n) is 2.84. The van der Waals surface area contributed by atoms with E-state index in [2.05, 4.69) is 5.32 Å². The van der Waals surface area contributed by atoms with Crippen LogP contribution in [-0.4, -0.2) is 0 Å². The highest BCUT2D eigenvalue weighted by molar-refractivity contribution is 5.53. The highest BCUT2D eigenvalue weighted by atomic mass is 19.4. The van der Waals surface area contributed by atoms with Crippen molar-refractivity contribution in [2.75, 3.05) is 5.32 Å². The molecule has 2 rings (SSSR count). The lowest BCUT2D eigenvalue weighted by molar-refractivity contribution is -0.136. The maximum absolute atomic E-state index is 12.8. The predicted molar refractivity (Wildman–Crippen MR) is 69.9 cm³/mol. The van der Waals surface area contributed by atoms with Gasteiger partial charge in [-0.3, -0.25) is 0 Å². The normalized spacial score (nSPS) is 10.9. The average Bonchev–Trinajstić information content (AvgIpc) is 2.44. The number of alkyl halides is 3. The van der Waals surface area contributed by atoms with Crippen molar-refractivity contribution in [3.8, 4) is 6.07 Å². The van der Waals surface area contributed by atoms with E-state index in [-0.39, 0.29) is 12.2 Å². The number of nitriles is 1. The van der Waals surface area contributed by atoms with E-state index in [0.29, 0.717) is 11.1 Å². The van der Waals surface area contributed by atoms with Crippen LogP contribution in [0.15, 0.2) is 48.5 Å². The smallest absolute Gasteiger partial charge is 0.380 e. The number of para-hydroxylation sites is 1. The molecule has 0 saturated carbocycles. The van der Waals surface area contributed by atoms with E-state index in [0.717, 1.165) is 6.07 Å². The van der Waals surface area contributed by atoms with Crippen LogP contribution in [0.4, 0.5) is 18.9 Å². The highest BCUT2D eigenvalue weighted by Gasteiger charge is 2.33. The lowest BCUT2D eigenvalue weighted by Gasteiger charge is -2.14. The summed E-state index contributed by atoms with van der Waals surface area (Å²) < 4.78 is 38.5. The predicted octanol–water partition coefficient (Wildman–Crippen LogP) is 4.19. The van der Waals surface area contributed by atoms with Crippen molar-refractivity contribution in [3.05, 3.63) is 65.2 Å². The Hall–Kier alpha value is -2.48. The van der Waals surface area contributed by atoms with Crippen LogP contribution >= 0.6 is 0 Å². The Labute approximate surface area is 114 Å². The van der Waals surface area contributed by atoms with Gasteiger partial charge >= 0.3 is 6.18 Å². The molecule has 0 fully saturated rings. The van der Waals surface area contributed by atoms with Crippen LogP contribution in [0, 0.1) is 11.3 Å². The number of halogens is 3. The summed E-state index contributed by atoms with van der Waals surface area (Å²) in [6.45, 7) is 0.164. The van der Waals surface area contributed by atoms with Gasteiger partial charge in [0.1, 0.15) is 0 Å². The molecular formula is C15H11F3N2. The average molecular weight is 276 g/mol. The Balaban J connectivity index is 2.22. The van der Waals surface area contributed by atoms with E-state index in [1.807, 2.05) is 6.07 Å². The van der Waals surface area contributed by atoms with Gasteiger partial charge in [-0.15, -0.1) is 0 Å². The Morgan fingerprint density at radius 1 is 1.00 bits per heavy atom. The van der Waals surface area contributed by atoms with Gasteiger partial charge in [0.2, 0.25) is 0 Å². The van der Waals surface area contributed by atoms with E-state index < -0.39 is 11.7 Å². The summed E-state index contributed by atoms with van der Waals surface area (Å²) in [5, 5.41) is 11.7. The second kappa shape index (κ2) is 5.66. The Morgan fingerprint density at radius 2 is 1.65 bits per heavy atom. The zero-order valence-electron chi connectivity index (χ0n) is 10.4. The molecule has 0 heterocycles. The SMILES string of the molecule is N#Cc1ccccc1CNc1ccccc1C(F)(F)F. The first-order chi connectivity index (χ1) is 9.52. The van der Waals surface area contributed by atoms with Gasteiger partial charge in [-0.2, -0.15) is 18.4 Å². The Kier molecular flexibility index (Phi) is 3.94. The van der Waals surface area contributed by atoms with Crippen molar-refractivity contribution in [2.24, 2.45) is 0 Å². The molecule has 20 heavy (non-hydrogen) atoms. The lowest BCUT2D eigenvalue weighted by atomic mass is 10.1. The molecule has 0 bridgehead atoms. The molecule has 0 aliphatic heterocycles. The largest absolute Gasteiger partial charge is 0.418 e. The zero-order valence-corrected chi connectivity index (χ0v) is 10.4. The quantitative estimate of drug-likeness (QED) is 0.912.